The van der Waals surface area contributed by atoms with Crippen molar-refractivity contribution in [2.45, 2.75) is 38.7 Å². The molecule has 2 N–H and O–H groups in total. The van der Waals surface area contributed by atoms with Gasteiger partial charge >= 0.3 is 0 Å². The van der Waals surface area contributed by atoms with Crippen LogP contribution >= 0.6 is 0 Å². The fraction of sp³-hybridized carbons (Fsp3) is 0.750. The Labute approximate surface area is 66.3 Å². The monoisotopic (exact) mass is 163 g/mol. The molecule has 0 aromatic carbocycles. The lowest BCUT2D eigenvalue weighted by atomic mass is 10.00. The zero-order valence-electron chi connectivity index (χ0n) is 6.98. The molecule has 0 fully saturated rings. The first-order valence-electron chi connectivity index (χ1n) is 3.72. The molecule has 0 amide bonds. The third kappa shape index (κ3) is 4.09. The Morgan fingerprint density at radius 2 is 2.00 bits per heavy atom. The van der Waals surface area contributed by atoms with Gasteiger partial charge in [0.2, 0.25) is 0 Å². The normalized spacial score (nSPS) is 17.6. The molecule has 1 nitrogen and oxygen atoms in total. The van der Waals surface area contributed by atoms with E-state index in [9.17, 15) is 8.78 Å². The van der Waals surface area contributed by atoms with Crippen molar-refractivity contribution in [3.63, 3.8) is 0 Å². The van der Waals surface area contributed by atoms with Gasteiger partial charge in [-0.25, -0.2) is 8.78 Å². The molecule has 3 heteroatoms. The molecule has 0 saturated heterocycles. The third-order valence-electron chi connectivity index (χ3n) is 1.46. The number of alkyl halides is 2. The summed E-state index contributed by atoms with van der Waals surface area (Å²) in [6.45, 7) is 3.31. The van der Waals surface area contributed by atoms with Gasteiger partial charge in [-0.05, 0) is 19.8 Å². The van der Waals surface area contributed by atoms with Gasteiger partial charge in [-0.2, -0.15) is 0 Å². The lowest BCUT2D eigenvalue weighted by Gasteiger charge is -2.21. The van der Waals surface area contributed by atoms with E-state index in [0.29, 0.717) is 0 Å². The van der Waals surface area contributed by atoms with E-state index in [1.54, 1.807) is 6.08 Å². The molecule has 1 unspecified atom stereocenters. The highest BCUT2D eigenvalue weighted by atomic mass is 19.3. The molecule has 0 aromatic rings. The topological polar surface area (TPSA) is 26.0 Å². The fourth-order valence-corrected chi connectivity index (χ4v) is 0.593. The smallest absolute Gasteiger partial charge is 0.256 e. The van der Waals surface area contributed by atoms with Crippen molar-refractivity contribution in [1.29, 1.82) is 0 Å². The van der Waals surface area contributed by atoms with Gasteiger partial charge in [0.1, 0.15) is 0 Å². The first kappa shape index (κ1) is 10.6. The molecule has 0 radical (unpaired) electrons. The lowest BCUT2D eigenvalue weighted by Crippen LogP contribution is -2.43. The maximum Gasteiger partial charge on any atom is 0.256 e. The zero-order chi connectivity index (χ0) is 8.91. The van der Waals surface area contributed by atoms with E-state index >= 15 is 0 Å². The van der Waals surface area contributed by atoms with E-state index in [0.717, 1.165) is 6.42 Å². The molecule has 0 spiro atoms. The van der Waals surface area contributed by atoms with E-state index in [-0.39, 0.29) is 6.42 Å². The van der Waals surface area contributed by atoms with Gasteiger partial charge in [-0.1, -0.05) is 19.1 Å². The zero-order valence-corrected chi connectivity index (χ0v) is 6.98. The van der Waals surface area contributed by atoms with Crippen molar-refractivity contribution in [3.05, 3.63) is 12.2 Å². The molecule has 0 bridgehead atoms. The molecular weight excluding hydrogens is 148 g/mol. The van der Waals surface area contributed by atoms with E-state index < -0.39 is 12.0 Å². The van der Waals surface area contributed by atoms with Gasteiger partial charge in [0.15, 0.2) is 0 Å². The maximum atomic E-state index is 12.1. The van der Waals surface area contributed by atoms with Crippen molar-refractivity contribution in [3.8, 4) is 0 Å². The molecule has 0 rings (SSSR count). The minimum absolute atomic E-state index is 0.235. The first-order valence-corrected chi connectivity index (χ1v) is 3.72. The Morgan fingerprint density at radius 1 is 1.45 bits per heavy atom. The standard InChI is InChI=1S/C8H15F2N/c1-3-4-5-6-8(2,11)7(9)10/h4-5,7H,3,6,11H2,1-2H3/b5-4+. The van der Waals surface area contributed by atoms with Crippen LogP contribution in [0.2, 0.25) is 0 Å². The number of rotatable bonds is 4. The molecule has 0 aliphatic carbocycles. The van der Waals surface area contributed by atoms with Crippen LogP contribution < -0.4 is 5.73 Å². The second-order valence-corrected chi connectivity index (χ2v) is 2.89. The summed E-state index contributed by atoms with van der Waals surface area (Å²) in [5, 5.41) is 0. The van der Waals surface area contributed by atoms with Gasteiger partial charge in [0.25, 0.3) is 6.43 Å². The van der Waals surface area contributed by atoms with Crippen LogP contribution in [0.25, 0.3) is 0 Å². The van der Waals surface area contributed by atoms with Crippen LogP contribution in [-0.2, 0) is 0 Å². The van der Waals surface area contributed by atoms with Crippen LogP contribution in [-0.4, -0.2) is 12.0 Å². The fourth-order valence-electron chi connectivity index (χ4n) is 0.593. The third-order valence-corrected chi connectivity index (χ3v) is 1.46. The van der Waals surface area contributed by atoms with Crippen molar-refractivity contribution < 1.29 is 8.78 Å². The van der Waals surface area contributed by atoms with Gasteiger partial charge in [0.05, 0.1) is 5.54 Å². The van der Waals surface area contributed by atoms with Crippen molar-refractivity contribution in [2.24, 2.45) is 5.73 Å². The minimum Gasteiger partial charge on any atom is -0.320 e. The molecule has 1 atom stereocenters. The Balaban J connectivity index is 3.82. The highest BCUT2D eigenvalue weighted by Gasteiger charge is 2.28. The average Bonchev–Trinajstić information content (AvgIpc) is 1.88. The van der Waals surface area contributed by atoms with Gasteiger partial charge in [0, 0.05) is 0 Å². The second kappa shape index (κ2) is 4.44. The summed E-state index contributed by atoms with van der Waals surface area (Å²) in [5.74, 6) is 0. The van der Waals surface area contributed by atoms with Gasteiger partial charge < -0.3 is 5.73 Å². The quantitative estimate of drug-likeness (QED) is 0.632. The van der Waals surface area contributed by atoms with Crippen molar-refractivity contribution in [1.82, 2.24) is 0 Å². The van der Waals surface area contributed by atoms with Gasteiger partial charge in [-0.3, -0.25) is 0 Å². The number of hydrogen-bond acceptors (Lipinski definition) is 1. The molecule has 11 heavy (non-hydrogen) atoms. The number of allylic oxidation sites excluding steroid dienone is 1. The first-order chi connectivity index (χ1) is 5.00. The summed E-state index contributed by atoms with van der Waals surface area (Å²) in [4.78, 5) is 0. The minimum atomic E-state index is -2.45. The lowest BCUT2D eigenvalue weighted by molar-refractivity contribution is 0.0654. The Bertz CT molecular complexity index is 130. The maximum absolute atomic E-state index is 12.1. The summed E-state index contributed by atoms with van der Waals surface area (Å²) in [7, 11) is 0. The predicted octanol–water partition coefficient (Wildman–Crippen LogP) is 2.33. The van der Waals surface area contributed by atoms with Gasteiger partial charge in [-0.15, -0.1) is 0 Å². The molecule has 0 heterocycles. The summed E-state index contributed by atoms with van der Waals surface area (Å²) in [5.41, 5.74) is 3.93. The Kier molecular flexibility index (Phi) is 4.26. The average molecular weight is 163 g/mol. The molecule has 0 aliphatic rings. The largest absolute Gasteiger partial charge is 0.320 e. The Hall–Kier alpha value is -0.440. The summed E-state index contributed by atoms with van der Waals surface area (Å²) in [6.07, 6.45) is 2.18. The number of hydrogen-bond donors (Lipinski definition) is 1. The van der Waals surface area contributed by atoms with Crippen molar-refractivity contribution in [2.75, 3.05) is 0 Å². The van der Waals surface area contributed by atoms with Crippen LogP contribution in [0.1, 0.15) is 26.7 Å². The van der Waals surface area contributed by atoms with E-state index in [2.05, 4.69) is 0 Å². The van der Waals surface area contributed by atoms with E-state index in [4.69, 9.17) is 5.73 Å². The van der Waals surface area contributed by atoms with Crippen LogP contribution in [0, 0.1) is 0 Å². The Morgan fingerprint density at radius 3 is 2.36 bits per heavy atom. The molecular formula is C8H15F2N. The van der Waals surface area contributed by atoms with Crippen LogP contribution in [0.3, 0.4) is 0 Å². The van der Waals surface area contributed by atoms with Crippen LogP contribution in [0.5, 0.6) is 0 Å². The van der Waals surface area contributed by atoms with Crippen LogP contribution in [0.4, 0.5) is 8.78 Å². The predicted molar refractivity (Wildman–Crippen MR) is 42.6 cm³/mol. The summed E-state index contributed by atoms with van der Waals surface area (Å²) >= 11 is 0. The van der Waals surface area contributed by atoms with E-state index in [1.807, 2.05) is 13.0 Å². The summed E-state index contributed by atoms with van der Waals surface area (Å²) < 4.78 is 24.2. The van der Waals surface area contributed by atoms with E-state index in [1.165, 1.54) is 6.92 Å². The SMILES string of the molecule is CC/C=C/CC(C)(N)C(F)F. The highest BCUT2D eigenvalue weighted by Crippen LogP contribution is 2.16. The molecule has 0 aromatic heterocycles. The molecule has 0 saturated carbocycles. The summed E-state index contributed by atoms with van der Waals surface area (Å²) in [6, 6.07) is 0. The van der Waals surface area contributed by atoms with Crippen LogP contribution in [0.15, 0.2) is 12.2 Å². The van der Waals surface area contributed by atoms with Crippen molar-refractivity contribution >= 4 is 0 Å². The number of nitrogens with two attached hydrogens (primary N) is 1. The molecule has 66 valence electrons. The molecule has 0 aliphatic heterocycles. The highest BCUT2D eigenvalue weighted by molar-refractivity contribution is 4.93. The number of halogens is 2. The second-order valence-electron chi connectivity index (χ2n) is 2.89.